The second-order valence-electron chi connectivity index (χ2n) is 6.99. The van der Waals surface area contributed by atoms with E-state index >= 15 is 0 Å². The molecule has 0 saturated carbocycles. The highest BCUT2D eigenvalue weighted by Crippen LogP contribution is 2.22. The van der Waals surface area contributed by atoms with Gasteiger partial charge in [-0.1, -0.05) is 17.7 Å². The number of anilines is 3. The monoisotopic (exact) mass is 421 g/mol. The molecule has 2 aromatic carbocycles. The summed E-state index contributed by atoms with van der Waals surface area (Å²) in [6.07, 6.45) is 0. The van der Waals surface area contributed by atoms with Crippen molar-refractivity contribution in [2.45, 2.75) is 13.8 Å². The second-order valence-corrected chi connectivity index (χ2v) is 6.99. The highest BCUT2D eigenvalue weighted by molar-refractivity contribution is 5.95. The number of carbonyl (C=O) groups excluding carboxylic acids is 1. The molecule has 1 heterocycles. The number of nitrogens with one attached hydrogen (secondary N) is 3. The van der Waals surface area contributed by atoms with E-state index in [1.165, 1.54) is 5.56 Å². The van der Waals surface area contributed by atoms with Gasteiger partial charge in [-0.3, -0.25) is 4.79 Å². The zero-order chi connectivity index (χ0) is 22.2. The molecular formula is C23H27N5O3. The minimum atomic E-state index is -0.217. The van der Waals surface area contributed by atoms with Crippen LogP contribution in [0.1, 0.15) is 21.6 Å². The fourth-order valence-corrected chi connectivity index (χ4v) is 2.89. The van der Waals surface area contributed by atoms with Crippen LogP contribution in [0.15, 0.2) is 48.5 Å². The van der Waals surface area contributed by atoms with Gasteiger partial charge in [0.15, 0.2) is 0 Å². The lowest BCUT2D eigenvalue weighted by atomic mass is 10.2. The zero-order valence-electron chi connectivity index (χ0n) is 18.2. The van der Waals surface area contributed by atoms with Crippen LogP contribution in [0.5, 0.6) is 11.5 Å². The zero-order valence-corrected chi connectivity index (χ0v) is 18.2. The molecule has 162 valence electrons. The molecule has 0 aliphatic rings. The topological polar surface area (TPSA) is 97.4 Å². The molecule has 0 aliphatic heterocycles. The number of carbonyl (C=O) groups is 1. The van der Waals surface area contributed by atoms with Gasteiger partial charge in [0.05, 0.1) is 14.2 Å². The molecule has 0 fully saturated rings. The van der Waals surface area contributed by atoms with Gasteiger partial charge in [-0.2, -0.15) is 4.98 Å². The summed E-state index contributed by atoms with van der Waals surface area (Å²) < 4.78 is 10.4. The maximum Gasteiger partial charge on any atom is 0.251 e. The lowest BCUT2D eigenvalue weighted by molar-refractivity contribution is 0.0954. The number of hydrogen-bond donors (Lipinski definition) is 3. The first-order chi connectivity index (χ1) is 15.0. The Morgan fingerprint density at radius 2 is 1.58 bits per heavy atom. The third-order valence-corrected chi connectivity index (χ3v) is 4.49. The van der Waals surface area contributed by atoms with Gasteiger partial charge >= 0.3 is 0 Å². The summed E-state index contributed by atoms with van der Waals surface area (Å²) >= 11 is 0. The van der Waals surface area contributed by atoms with Crippen LogP contribution in [-0.2, 0) is 0 Å². The Hall–Kier alpha value is -3.81. The quantitative estimate of drug-likeness (QED) is 0.453. The maximum atomic E-state index is 12.4. The van der Waals surface area contributed by atoms with Crippen molar-refractivity contribution in [3.05, 3.63) is 65.4 Å². The number of aryl methyl sites for hydroxylation is 2. The van der Waals surface area contributed by atoms with Gasteiger partial charge in [-0.05, 0) is 38.1 Å². The molecule has 0 saturated heterocycles. The van der Waals surface area contributed by atoms with Crippen molar-refractivity contribution in [3.63, 3.8) is 0 Å². The van der Waals surface area contributed by atoms with Crippen molar-refractivity contribution in [2.75, 3.05) is 37.9 Å². The van der Waals surface area contributed by atoms with E-state index in [-0.39, 0.29) is 5.91 Å². The fraction of sp³-hybridized carbons (Fsp3) is 0.261. The van der Waals surface area contributed by atoms with Crippen molar-refractivity contribution in [1.82, 2.24) is 15.3 Å². The molecule has 0 radical (unpaired) electrons. The SMILES string of the molecule is COc1cc(OC)cc(C(=O)NCCNc2nc(C)cc(Nc3ccc(C)cc3)n2)c1. The average molecular weight is 422 g/mol. The lowest BCUT2D eigenvalue weighted by Crippen LogP contribution is -2.29. The van der Waals surface area contributed by atoms with Crippen molar-refractivity contribution in [1.29, 1.82) is 0 Å². The van der Waals surface area contributed by atoms with Crippen LogP contribution in [0.25, 0.3) is 0 Å². The van der Waals surface area contributed by atoms with Crippen molar-refractivity contribution in [2.24, 2.45) is 0 Å². The minimum absolute atomic E-state index is 0.217. The van der Waals surface area contributed by atoms with Crippen LogP contribution in [0.3, 0.4) is 0 Å². The number of rotatable bonds is 9. The number of benzene rings is 2. The average Bonchev–Trinajstić information content (AvgIpc) is 2.77. The molecule has 0 spiro atoms. The molecule has 3 N–H and O–H groups in total. The normalized spacial score (nSPS) is 10.3. The summed E-state index contributed by atoms with van der Waals surface area (Å²) in [6, 6.07) is 15.0. The summed E-state index contributed by atoms with van der Waals surface area (Å²) in [4.78, 5) is 21.3. The van der Waals surface area contributed by atoms with Gasteiger partial charge < -0.3 is 25.4 Å². The van der Waals surface area contributed by atoms with E-state index in [0.717, 1.165) is 11.4 Å². The Labute approximate surface area is 182 Å². The van der Waals surface area contributed by atoms with Crippen LogP contribution in [-0.4, -0.2) is 43.2 Å². The van der Waals surface area contributed by atoms with E-state index in [0.29, 0.717) is 41.9 Å². The molecule has 0 unspecified atom stereocenters. The Kier molecular flexibility index (Phi) is 7.26. The summed E-state index contributed by atoms with van der Waals surface area (Å²) in [6.45, 7) is 4.83. The van der Waals surface area contributed by atoms with Crippen LogP contribution >= 0.6 is 0 Å². The van der Waals surface area contributed by atoms with Gasteiger partial charge in [0.2, 0.25) is 5.95 Å². The van der Waals surface area contributed by atoms with Crippen molar-refractivity contribution >= 4 is 23.4 Å². The summed E-state index contributed by atoms with van der Waals surface area (Å²) in [7, 11) is 3.09. The Balaban J connectivity index is 1.55. The molecular weight excluding hydrogens is 394 g/mol. The third kappa shape index (κ3) is 6.33. The molecule has 3 rings (SSSR count). The third-order valence-electron chi connectivity index (χ3n) is 4.49. The minimum Gasteiger partial charge on any atom is -0.497 e. The molecule has 31 heavy (non-hydrogen) atoms. The predicted molar refractivity (Wildman–Crippen MR) is 122 cm³/mol. The fourth-order valence-electron chi connectivity index (χ4n) is 2.89. The number of amides is 1. The van der Waals surface area contributed by atoms with E-state index < -0.39 is 0 Å². The molecule has 1 aromatic heterocycles. The molecule has 0 aliphatic carbocycles. The molecule has 1 amide bonds. The first-order valence-electron chi connectivity index (χ1n) is 9.91. The van der Waals surface area contributed by atoms with Crippen LogP contribution < -0.4 is 25.4 Å². The van der Waals surface area contributed by atoms with Crippen molar-refractivity contribution < 1.29 is 14.3 Å². The maximum absolute atomic E-state index is 12.4. The van der Waals surface area contributed by atoms with Gasteiger partial charge in [-0.25, -0.2) is 4.98 Å². The van der Waals surface area contributed by atoms with Crippen LogP contribution in [0, 0.1) is 13.8 Å². The van der Waals surface area contributed by atoms with E-state index in [4.69, 9.17) is 9.47 Å². The summed E-state index contributed by atoms with van der Waals surface area (Å²) in [5.41, 5.74) is 3.45. The number of aromatic nitrogens is 2. The number of methoxy groups -OCH3 is 2. The number of ether oxygens (including phenoxy) is 2. The first-order valence-corrected chi connectivity index (χ1v) is 9.91. The van der Waals surface area contributed by atoms with Gasteiger partial charge in [0.1, 0.15) is 17.3 Å². The van der Waals surface area contributed by atoms with Crippen molar-refractivity contribution in [3.8, 4) is 11.5 Å². The van der Waals surface area contributed by atoms with Gasteiger partial charge in [0.25, 0.3) is 5.91 Å². The molecule has 8 nitrogen and oxygen atoms in total. The largest absolute Gasteiger partial charge is 0.497 e. The van der Waals surface area contributed by atoms with Gasteiger partial charge in [0, 0.05) is 42.2 Å². The summed E-state index contributed by atoms with van der Waals surface area (Å²) in [5.74, 6) is 2.10. The highest BCUT2D eigenvalue weighted by atomic mass is 16.5. The highest BCUT2D eigenvalue weighted by Gasteiger charge is 2.10. The van der Waals surface area contributed by atoms with E-state index in [1.807, 2.05) is 44.2 Å². The molecule has 8 heteroatoms. The Morgan fingerprint density at radius 1 is 0.903 bits per heavy atom. The molecule has 0 bridgehead atoms. The van der Waals surface area contributed by atoms with E-state index in [1.54, 1.807) is 32.4 Å². The lowest BCUT2D eigenvalue weighted by Gasteiger charge is -2.11. The van der Waals surface area contributed by atoms with E-state index in [9.17, 15) is 4.79 Å². The first kappa shape index (κ1) is 21.9. The summed E-state index contributed by atoms with van der Waals surface area (Å²) in [5, 5.41) is 9.29. The molecule has 0 atom stereocenters. The van der Waals surface area contributed by atoms with E-state index in [2.05, 4.69) is 25.9 Å². The smallest absolute Gasteiger partial charge is 0.251 e. The van der Waals surface area contributed by atoms with Crippen LogP contribution in [0.2, 0.25) is 0 Å². The molecule has 3 aromatic rings. The predicted octanol–water partition coefficient (Wildman–Crippen LogP) is 3.70. The number of hydrogen-bond acceptors (Lipinski definition) is 7. The second kappa shape index (κ2) is 10.3. The Bertz CT molecular complexity index is 1020. The standard InChI is InChI=1S/C23H27N5O3/c1-15-5-7-18(8-6-15)27-21-11-16(2)26-23(28-21)25-10-9-24-22(29)17-12-19(30-3)14-20(13-17)31-4/h5-8,11-14H,9-10H2,1-4H3,(H,24,29)(H2,25,26,27,28). The van der Waals surface area contributed by atoms with Gasteiger partial charge in [-0.15, -0.1) is 0 Å². The Morgan fingerprint density at radius 3 is 2.23 bits per heavy atom. The number of nitrogens with zero attached hydrogens (tertiary/aromatic N) is 2. The van der Waals surface area contributed by atoms with Crippen LogP contribution in [0.4, 0.5) is 17.5 Å².